The quantitative estimate of drug-likeness (QED) is 0.0282. The molecule has 59 heavy (non-hydrogen) atoms. The highest BCUT2D eigenvalue weighted by atomic mass is 16.7. The zero-order chi connectivity index (χ0) is 42.9. The van der Waals surface area contributed by atoms with Crippen LogP contribution in [0.3, 0.4) is 0 Å². The number of ether oxygens (including phenoxy) is 4. The highest BCUT2D eigenvalue weighted by molar-refractivity contribution is 5.69. The molecule has 1 rings (SSSR count). The van der Waals surface area contributed by atoms with E-state index in [0.717, 1.165) is 94.7 Å². The van der Waals surface area contributed by atoms with Gasteiger partial charge in [-0.3, -0.25) is 9.59 Å². The fraction of sp³-hybridized carbons (Fsp3) is 0.667. The van der Waals surface area contributed by atoms with Crippen LogP contribution < -0.4 is 0 Å². The summed E-state index contributed by atoms with van der Waals surface area (Å²) in [5, 5.41) is 0. The first-order valence-electron chi connectivity index (χ1n) is 23.3. The monoisotopic (exact) mass is 822 g/mol. The molecule has 0 fully saturated rings. The number of carbonyl (C=O) groups is 3. The summed E-state index contributed by atoms with van der Waals surface area (Å²) >= 11 is 0. The summed E-state index contributed by atoms with van der Waals surface area (Å²) < 4.78 is 21.8. The van der Waals surface area contributed by atoms with Gasteiger partial charge in [0.2, 0.25) is 0 Å². The third-order valence-corrected chi connectivity index (χ3v) is 9.90. The molecule has 0 radical (unpaired) electrons. The predicted molar refractivity (Wildman–Crippen MR) is 244 cm³/mol. The van der Waals surface area contributed by atoms with E-state index >= 15 is 0 Å². The van der Waals surface area contributed by atoms with Gasteiger partial charge in [0.25, 0.3) is 0 Å². The van der Waals surface area contributed by atoms with Crippen molar-refractivity contribution in [2.24, 2.45) is 0 Å². The van der Waals surface area contributed by atoms with Gasteiger partial charge in [0, 0.05) is 19.4 Å². The Kier molecular flexibility index (Phi) is 36.0. The van der Waals surface area contributed by atoms with Crippen molar-refractivity contribution in [2.45, 2.75) is 194 Å². The molecule has 0 aliphatic heterocycles. The Hall–Kier alpha value is -3.65. The Bertz CT molecular complexity index is 1230. The third kappa shape index (κ3) is 36.0. The van der Waals surface area contributed by atoms with Gasteiger partial charge in [0.1, 0.15) is 19.8 Å². The van der Waals surface area contributed by atoms with Gasteiger partial charge in [-0.05, 0) is 132 Å². The van der Waals surface area contributed by atoms with Crippen molar-refractivity contribution in [3.05, 3.63) is 83.5 Å². The highest BCUT2D eigenvalue weighted by Crippen LogP contribution is 2.17. The Morgan fingerprint density at radius 3 is 1.24 bits per heavy atom. The number of benzene rings is 1. The van der Waals surface area contributed by atoms with E-state index in [1.54, 1.807) is 0 Å². The maximum Gasteiger partial charge on any atom is 0.508 e. The maximum absolute atomic E-state index is 12.6. The minimum Gasteiger partial charge on any atom is -0.461 e. The van der Waals surface area contributed by atoms with E-state index in [-0.39, 0.29) is 38.4 Å². The van der Waals surface area contributed by atoms with E-state index in [1.165, 1.54) is 64.2 Å². The lowest BCUT2D eigenvalue weighted by Gasteiger charge is -2.12. The number of allylic oxidation sites excluding steroid dienone is 8. The molecule has 0 amide bonds. The smallest absolute Gasteiger partial charge is 0.461 e. The van der Waals surface area contributed by atoms with Crippen LogP contribution in [-0.2, 0) is 48.4 Å². The van der Waals surface area contributed by atoms with Crippen LogP contribution in [0.25, 0.3) is 0 Å². The van der Waals surface area contributed by atoms with Gasteiger partial charge < -0.3 is 23.8 Å². The summed E-state index contributed by atoms with van der Waals surface area (Å²) in [7, 11) is 3.93. The molecule has 0 aromatic heterocycles. The third-order valence-electron chi connectivity index (χ3n) is 9.90. The molecule has 0 heterocycles. The molecule has 0 aliphatic rings. The van der Waals surface area contributed by atoms with E-state index in [9.17, 15) is 14.4 Å². The van der Waals surface area contributed by atoms with Crippen LogP contribution in [0.4, 0.5) is 4.79 Å². The zero-order valence-corrected chi connectivity index (χ0v) is 37.9. The molecule has 0 aliphatic carbocycles. The maximum atomic E-state index is 12.6. The van der Waals surface area contributed by atoms with E-state index in [4.69, 9.17) is 18.9 Å². The van der Waals surface area contributed by atoms with Crippen molar-refractivity contribution in [1.29, 1.82) is 0 Å². The fourth-order valence-electron chi connectivity index (χ4n) is 6.44. The molecule has 0 bridgehead atoms. The van der Waals surface area contributed by atoms with Gasteiger partial charge in [-0.25, -0.2) is 4.79 Å². The predicted octanol–water partition coefficient (Wildman–Crippen LogP) is 14.0. The molecule has 0 spiro atoms. The Labute approximate surface area is 360 Å². The fourth-order valence-corrected chi connectivity index (χ4v) is 6.44. The van der Waals surface area contributed by atoms with Gasteiger partial charge >= 0.3 is 18.1 Å². The second kappa shape index (κ2) is 39.8. The minimum absolute atomic E-state index is 0.00677. The first-order valence-corrected chi connectivity index (χ1v) is 23.3. The number of esters is 2. The summed E-state index contributed by atoms with van der Waals surface area (Å²) in [6, 6.07) is 5.57. The number of unbranched alkanes of at least 4 members (excludes halogenated alkanes) is 16. The first-order chi connectivity index (χ1) is 28.8. The summed E-state index contributed by atoms with van der Waals surface area (Å²) in [6.45, 7) is 5.73. The molecule has 8 heteroatoms. The van der Waals surface area contributed by atoms with Crippen LogP contribution in [0.2, 0.25) is 0 Å². The van der Waals surface area contributed by atoms with Crippen molar-refractivity contribution in [2.75, 3.05) is 27.2 Å². The van der Waals surface area contributed by atoms with Crippen LogP contribution in [0.5, 0.6) is 0 Å². The lowest BCUT2D eigenvalue weighted by atomic mass is 10.1. The lowest BCUT2D eigenvalue weighted by Crippen LogP contribution is -2.16. The molecule has 8 nitrogen and oxygen atoms in total. The Morgan fingerprint density at radius 2 is 0.831 bits per heavy atom. The lowest BCUT2D eigenvalue weighted by molar-refractivity contribution is -0.145. The molecular weight excluding hydrogens is 739 g/mol. The number of rotatable bonds is 38. The van der Waals surface area contributed by atoms with Gasteiger partial charge in [-0.1, -0.05) is 127 Å². The number of hydrogen-bond donors (Lipinski definition) is 0. The van der Waals surface area contributed by atoms with E-state index in [2.05, 4.69) is 62.5 Å². The van der Waals surface area contributed by atoms with E-state index < -0.39 is 6.16 Å². The van der Waals surface area contributed by atoms with Crippen LogP contribution in [0.1, 0.15) is 191 Å². The van der Waals surface area contributed by atoms with E-state index in [0.29, 0.717) is 24.8 Å². The molecule has 0 saturated carbocycles. The van der Waals surface area contributed by atoms with Gasteiger partial charge in [0.05, 0.1) is 6.61 Å². The first kappa shape index (κ1) is 53.4. The number of hydrogen-bond acceptors (Lipinski definition) is 8. The number of carbonyl (C=O) groups excluding carboxylic acids is 3. The van der Waals surface area contributed by atoms with Gasteiger partial charge in [-0.15, -0.1) is 0 Å². The van der Waals surface area contributed by atoms with Crippen molar-refractivity contribution in [1.82, 2.24) is 4.90 Å². The Balaban J connectivity index is 2.44. The molecule has 0 saturated heterocycles. The molecule has 0 N–H and O–H groups in total. The van der Waals surface area contributed by atoms with Crippen LogP contribution in [-0.4, -0.2) is 50.2 Å². The standard InChI is InChI=1S/C51H83NO7/c1-5-7-9-11-13-15-17-19-21-23-25-27-29-31-33-36-49(53)57-43-46-40-47(42-48(41-46)45-59-51(55)56-39-35-38-52(3)4)44-58-50(54)37-34-32-30-28-26-24-22-20-18-16-14-12-10-8-6-2/h13-16,19-22,40-42H,5-12,17-18,23-39,43-45H2,1-4H3. The van der Waals surface area contributed by atoms with Gasteiger partial charge in [0.15, 0.2) is 0 Å². The zero-order valence-electron chi connectivity index (χ0n) is 37.9. The highest BCUT2D eigenvalue weighted by Gasteiger charge is 2.11. The minimum atomic E-state index is -0.733. The van der Waals surface area contributed by atoms with Crippen molar-refractivity contribution >= 4 is 18.1 Å². The largest absolute Gasteiger partial charge is 0.508 e. The summed E-state index contributed by atoms with van der Waals surface area (Å²) in [5.74, 6) is -0.465. The van der Waals surface area contributed by atoms with Crippen molar-refractivity contribution in [3.63, 3.8) is 0 Å². The summed E-state index contributed by atoms with van der Waals surface area (Å²) in [5.41, 5.74) is 2.20. The van der Waals surface area contributed by atoms with Crippen molar-refractivity contribution < 1.29 is 33.3 Å². The average molecular weight is 822 g/mol. The SMILES string of the molecule is CCCCCC=CCC=CCCCCCCCC(=O)OCc1cc(COC(=O)CCCCCCCC=CCC=CCCCCC)cc(COC(=O)OCCCN(C)C)c1. The Morgan fingerprint density at radius 1 is 0.458 bits per heavy atom. The molecule has 334 valence electrons. The molecule has 1 aromatic rings. The second-order valence-electron chi connectivity index (χ2n) is 16.0. The molecular formula is C51H83NO7. The van der Waals surface area contributed by atoms with E-state index in [1.807, 2.05) is 37.2 Å². The summed E-state index contributed by atoms with van der Waals surface area (Å²) in [4.78, 5) is 39.4. The normalized spacial score (nSPS) is 11.8. The van der Waals surface area contributed by atoms with Crippen molar-refractivity contribution in [3.8, 4) is 0 Å². The average Bonchev–Trinajstić information content (AvgIpc) is 3.22. The summed E-state index contributed by atoms with van der Waals surface area (Å²) in [6.07, 6.45) is 43.8. The topological polar surface area (TPSA) is 91.4 Å². The van der Waals surface area contributed by atoms with Gasteiger partial charge in [-0.2, -0.15) is 0 Å². The number of nitrogens with zero attached hydrogens (tertiary/aromatic N) is 1. The molecule has 0 unspecified atom stereocenters. The molecule has 1 aromatic carbocycles. The van der Waals surface area contributed by atoms with Crippen LogP contribution in [0.15, 0.2) is 66.8 Å². The van der Waals surface area contributed by atoms with Crippen LogP contribution >= 0.6 is 0 Å². The second-order valence-corrected chi connectivity index (χ2v) is 16.0. The van der Waals surface area contributed by atoms with Crippen LogP contribution in [0, 0.1) is 0 Å². The molecule has 0 atom stereocenters.